The zero-order valence-corrected chi connectivity index (χ0v) is 28.0. The summed E-state index contributed by atoms with van der Waals surface area (Å²) in [4.78, 5) is 2.33. The number of hydrogen-bond donors (Lipinski definition) is 0. The molecule has 0 saturated carbocycles. The van der Waals surface area contributed by atoms with Gasteiger partial charge in [0.1, 0.15) is 0 Å². The molecule has 0 unspecified atom stereocenters. The molecule has 0 aliphatic rings. The number of para-hydroxylation sites is 1. The van der Waals surface area contributed by atoms with Crippen LogP contribution in [0.25, 0.3) is 23.3 Å². The second-order valence-corrected chi connectivity index (χ2v) is 12.4. The van der Waals surface area contributed by atoms with Crippen molar-refractivity contribution in [2.45, 2.75) is 13.8 Å². The molecule has 0 atom stereocenters. The van der Waals surface area contributed by atoms with E-state index in [9.17, 15) is 0 Å². The summed E-state index contributed by atoms with van der Waals surface area (Å²) >= 11 is 0. The Balaban J connectivity index is 1.28. The van der Waals surface area contributed by atoms with E-state index in [1.54, 1.807) is 0 Å². The molecule has 0 radical (unpaired) electrons. The maximum atomic E-state index is 2.33. The maximum absolute atomic E-state index is 2.33. The number of nitrogens with zero attached hydrogens (tertiary/aromatic N) is 1. The molecule has 0 saturated heterocycles. The van der Waals surface area contributed by atoms with Gasteiger partial charge < -0.3 is 4.90 Å². The Kier molecular flexibility index (Phi) is 9.43. The van der Waals surface area contributed by atoms with Gasteiger partial charge in [-0.3, -0.25) is 0 Å². The first-order chi connectivity index (χ1) is 24.1. The van der Waals surface area contributed by atoms with Gasteiger partial charge in [-0.1, -0.05) is 163 Å². The van der Waals surface area contributed by atoms with Crippen LogP contribution in [-0.2, 0) is 0 Å². The number of rotatable bonds is 9. The molecule has 49 heavy (non-hydrogen) atoms. The summed E-state index contributed by atoms with van der Waals surface area (Å²) < 4.78 is 0. The van der Waals surface area contributed by atoms with E-state index < -0.39 is 0 Å². The zero-order valence-electron chi connectivity index (χ0n) is 28.0. The quantitative estimate of drug-likeness (QED) is 0.144. The predicted molar refractivity (Wildman–Crippen MR) is 210 cm³/mol. The Bertz CT molecular complexity index is 2050. The summed E-state index contributed by atoms with van der Waals surface area (Å²) in [6, 6.07) is 67.1. The highest BCUT2D eigenvalue weighted by molar-refractivity contribution is 5.93. The molecule has 0 aliphatic carbocycles. The third-order valence-corrected chi connectivity index (χ3v) is 8.77. The van der Waals surface area contributed by atoms with Crippen molar-refractivity contribution in [1.82, 2.24) is 0 Å². The predicted octanol–water partition coefficient (Wildman–Crippen LogP) is 13.0. The second-order valence-electron chi connectivity index (χ2n) is 12.4. The van der Waals surface area contributed by atoms with Crippen LogP contribution in [0.3, 0.4) is 0 Å². The fraction of sp³-hybridized carbons (Fsp3) is 0.0417. The Morgan fingerprint density at radius 3 is 1.10 bits per heavy atom. The van der Waals surface area contributed by atoms with Crippen molar-refractivity contribution >= 4 is 40.4 Å². The van der Waals surface area contributed by atoms with Crippen LogP contribution in [0.5, 0.6) is 0 Å². The van der Waals surface area contributed by atoms with Crippen molar-refractivity contribution < 1.29 is 0 Å². The standard InChI is InChI=1S/C48H39N/c1-36-14-12-20-42(32-36)47(34-38-16-6-3-7-17-38)40-24-28-45(29-25-40)49(44-22-10-5-11-23-44)46-30-26-41(27-31-46)48(35-39-18-8-4-9-19-39)43-21-13-15-37(2)33-43/h3-35H,1-2H3. The van der Waals surface area contributed by atoms with Crippen LogP contribution >= 0.6 is 0 Å². The SMILES string of the molecule is Cc1cccc(C(=Cc2ccccc2)c2ccc(N(c3ccccc3)c3ccc(C(=Cc4ccccc4)c4cccc(C)c4)cc3)cc2)c1. The minimum Gasteiger partial charge on any atom is -0.311 e. The third-order valence-electron chi connectivity index (χ3n) is 8.77. The number of aryl methyl sites for hydroxylation is 2. The fourth-order valence-electron chi connectivity index (χ4n) is 6.33. The van der Waals surface area contributed by atoms with Crippen molar-refractivity contribution in [3.63, 3.8) is 0 Å². The van der Waals surface area contributed by atoms with E-state index in [-0.39, 0.29) is 0 Å². The van der Waals surface area contributed by atoms with E-state index in [1.807, 2.05) is 0 Å². The van der Waals surface area contributed by atoms with Gasteiger partial charge in [0.05, 0.1) is 0 Å². The number of benzene rings is 7. The monoisotopic (exact) mass is 629 g/mol. The average Bonchev–Trinajstić information content (AvgIpc) is 3.15. The zero-order chi connectivity index (χ0) is 33.4. The molecule has 0 spiro atoms. The van der Waals surface area contributed by atoms with Gasteiger partial charge in [-0.05, 0) is 107 Å². The molecule has 1 heteroatoms. The molecular weight excluding hydrogens is 591 g/mol. The molecule has 0 fully saturated rings. The Labute approximate surface area is 290 Å². The summed E-state index contributed by atoms with van der Waals surface area (Å²) in [7, 11) is 0. The fourth-order valence-corrected chi connectivity index (χ4v) is 6.33. The Morgan fingerprint density at radius 1 is 0.347 bits per heavy atom. The minimum absolute atomic E-state index is 1.10. The summed E-state index contributed by atoms with van der Waals surface area (Å²) in [5.74, 6) is 0. The molecule has 1 nitrogen and oxygen atoms in total. The summed E-state index contributed by atoms with van der Waals surface area (Å²) in [5, 5.41) is 0. The summed E-state index contributed by atoms with van der Waals surface area (Å²) in [5.41, 5.74) is 15.3. The molecule has 0 N–H and O–H groups in total. The van der Waals surface area contributed by atoms with Crippen LogP contribution in [0.1, 0.15) is 44.5 Å². The van der Waals surface area contributed by atoms with Crippen LogP contribution in [0.2, 0.25) is 0 Å². The highest BCUT2D eigenvalue weighted by Crippen LogP contribution is 2.37. The van der Waals surface area contributed by atoms with E-state index >= 15 is 0 Å². The second kappa shape index (κ2) is 14.7. The molecule has 7 aromatic carbocycles. The van der Waals surface area contributed by atoms with Gasteiger partial charge >= 0.3 is 0 Å². The molecule has 0 amide bonds. The summed E-state index contributed by atoms with van der Waals surface area (Å²) in [6.07, 6.45) is 4.57. The largest absolute Gasteiger partial charge is 0.311 e. The van der Waals surface area contributed by atoms with Gasteiger partial charge in [-0.2, -0.15) is 0 Å². The topological polar surface area (TPSA) is 3.24 Å². The first-order valence-corrected chi connectivity index (χ1v) is 16.8. The lowest BCUT2D eigenvalue weighted by Gasteiger charge is -2.26. The van der Waals surface area contributed by atoms with Crippen molar-refractivity contribution in [3.8, 4) is 0 Å². The molecule has 0 bridgehead atoms. The first kappa shape index (κ1) is 31.4. The Morgan fingerprint density at radius 2 is 0.714 bits per heavy atom. The minimum atomic E-state index is 1.10. The Hall–Kier alpha value is -6.18. The normalized spacial score (nSPS) is 11.7. The smallest absolute Gasteiger partial charge is 0.0462 e. The van der Waals surface area contributed by atoms with Crippen LogP contribution < -0.4 is 4.90 Å². The highest BCUT2D eigenvalue weighted by Gasteiger charge is 2.15. The summed E-state index contributed by atoms with van der Waals surface area (Å²) in [6.45, 7) is 4.30. The lowest BCUT2D eigenvalue weighted by atomic mass is 9.94. The molecule has 7 rings (SSSR count). The van der Waals surface area contributed by atoms with Gasteiger partial charge in [0.2, 0.25) is 0 Å². The molecule has 0 aliphatic heterocycles. The van der Waals surface area contributed by atoms with Crippen molar-refractivity contribution in [3.05, 3.63) is 233 Å². The van der Waals surface area contributed by atoms with Gasteiger partial charge in [-0.25, -0.2) is 0 Å². The molecule has 0 heterocycles. The van der Waals surface area contributed by atoms with Crippen LogP contribution in [0.15, 0.2) is 188 Å². The van der Waals surface area contributed by atoms with Crippen molar-refractivity contribution in [2.75, 3.05) is 4.90 Å². The number of anilines is 3. The molecular formula is C48H39N. The molecule has 7 aromatic rings. The van der Waals surface area contributed by atoms with E-state index in [4.69, 9.17) is 0 Å². The van der Waals surface area contributed by atoms with Crippen molar-refractivity contribution in [1.29, 1.82) is 0 Å². The van der Waals surface area contributed by atoms with Gasteiger partial charge in [0.15, 0.2) is 0 Å². The number of hydrogen-bond acceptors (Lipinski definition) is 1. The first-order valence-electron chi connectivity index (χ1n) is 16.8. The average molecular weight is 630 g/mol. The van der Waals surface area contributed by atoms with Crippen LogP contribution in [-0.4, -0.2) is 0 Å². The highest BCUT2D eigenvalue weighted by atomic mass is 15.1. The maximum Gasteiger partial charge on any atom is 0.0462 e. The van der Waals surface area contributed by atoms with Gasteiger partial charge in [0.25, 0.3) is 0 Å². The van der Waals surface area contributed by atoms with Crippen LogP contribution in [0, 0.1) is 13.8 Å². The molecule has 236 valence electrons. The van der Waals surface area contributed by atoms with Gasteiger partial charge in [0, 0.05) is 17.1 Å². The van der Waals surface area contributed by atoms with Crippen molar-refractivity contribution in [2.24, 2.45) is 0 Å². The lowest BCUT2D eigenvalue weighted by molar-refractivity contribution is 1.28. The lowest BCUT2D eigenvalue weighted by Crippen LogP contribution is -2.10. The van der Waals surface area contributed by atoms with E-state index in [0.717, 1.165) is 17.1 Å². The van der Waals surface area contributed by atoms with Crippen LogP contribution in [0.4, 0.5) is 17.1 Å². The van der Waals surface area contributed by atoms with Gasteiger partial charge in [-0.15, -0.1) is 0 Å². The van der Waals surface area contributed by atoms with E-state index in [2.05, 4.69) is 219 Å². The third kappa shape index (κ3) is 7.53. The van der Waals surface area contributed by atoms with E-state index in [0.29, 0.717) is 0 Å². The molecule has 0 aromatic heterocycles. The van der Waals surface area contributed by atoms with E-state index in [1.165, 1.54) is 55.7 Å².